The summed E-state index contributed by atoms with van der Waals surface area (Å²) in [6.07, 6.45) is 0. The molecule has 0 aliphatic carbocycles. The number of hydrogen-bond acceptors (Lipinski definition) is 2. The second kappa shape index (κ2) is 7.32. The minimum absolute atomic E-state index is 0.00777. The summed E-state index contributed by atoms with van der Waals surface area (Å²) in [6.45, 7) is 1.23. The number of aryl methyl sites for hydroxylation is 1. The van der Waals surface area contributed by atoms with E-state index in [0.29, 0.717) is 13.1 Å². The molecule has 0 N–H and O–H groups in total. The van der Waals surface area contributed by atoms with Crippen LogP contribution >= 0.6 is 0 Å². The standard InChI is InChI=1S/C20H22N2O2/c1-21-18(12-17-10-6-7-11-19(17)21)14-22(20(23)15-24-2)13-16-8-4-3-5-9-16/h3-12H,13-15H2,1-2H3. The van der Waals surface area contributed by atoms with Crippen molar-refractivity contribution < 1.29 is 9.53 Å². The highest BCUT2D eigenvalue weighted by Gasteiger charge is 2.16. The molecular formula is C20H22N2O2. The summed E-state index contributed by atoms with van der Waals surface area (Å²) in [6, 6.07) is 20.4. The van der Waals surface area contributed by atoms with Gasteiger partial charge in [0.1, 0.15) is 6.61 Å². The zero-order chi connectivity index (χ0) is 16.9. The summed E-state index contributed by atoms with van der Waals surface area (Å²) in [5, 5.41) is 1.19. The van der Waals surface area contributed by atoms with Crippen LogP contribution in [-0.4, -0.2) is 29.1 Å². The molecule has 1 amide bonds. The maximum Gasteiger partial charge on any atom is 0.249 e. The van der Waals surface area contributed by atoms with E-state index in [1.165, 1.54) is 10.9 Å². The molecule has 0 saturated heterocycles. The van der Waals surface area contributed by atoms with E-state index in [0.717, 1.165) is 11.3 Å². The van der Waals surface area contributed by atoms with Crippen molar-refractivity contribution >= 4 is 16.8 Å². The first-order chi connectivity index (χ1) is 11.7. The van der Waals surface area contributed by atoms with Gasteiger partial charge >= 0.3 is 0 Å². The Hall–Kier alpha value is -2.59. The van der Waals surface area contributed by atoms with Crippen LogP contribution in [0.15, 0.2) is 60.7 Å². The van der Waals surface area contributed by atoms with Gasteiger partial charge in [0.2, 0.25) is 5.91 Å². The van der Waals surface area contributed by atoms with E-state index in [1.54, 1.807) is 7.11 Å². The molecule has 0 unspecified atom stereocenters. The van der Waals surface area contributed by atoms with Gasteiger partial charge in [0, 0.05) is 31.9 Å². The zero-order valence-corrected chi connectivity index (χ0v) is 14.1. The number of amides is 1. The first-order valence-corrected chi connectivity index (χ1v) is 8.03. The molecule has 4 heteroatoms. The quantitative estimate of drug-likeness (QED) is 0.697. The number of rotatable bonds is 6. The van der Waals surface area contributed by atoms with Crippen molar-refractivity contribution in [1.82, 2.24) is 9.47 Å². The number of nitrogens with zero attached hydrogens (tertiary/aromatic N) is 2. The number of hydrogen-bond donors (Lipinski definition) is 0. The highest BCUT2D eigenvalue weighted by atomic mass is 16.5. The molecule has 1 heterocycles. The second-order valence-corrected chi connectivity index (χ2v) is 5.92. The fourth-order valence-electron chi connectivity index (χ4n) is 2.94. The monoisotopic (exact) mass is 322 g/mol. The first-order valence-electron chi connectivity index (χ1n) is 8.03. The van der Waals surface area contributed by atoms with E-state index in [9.17, 15) is 4.79 Å². The molecule has 124 valence electrons. The Bertz CT molecular complexity index is 824. The Morgan fingerprint density at radius 3 is 2.46 bits per heavy atom. The molecule has 24 heavy (non-hydrogen) atoms. The van der Waals surface area contributed by atoms with Gasteiger partial charge in [-0.25, -0.2) is 0 Å². The molecule has 4 nitrogen and oxygen atoms in total. The number of ether oxygens (including phenoxy) is 1. The van der Waals surface area contributed by atoms with Crippen molar-refractivity contribution in [3.05, 3.63) is 71.9 Å². The van der Waals surface area contributed by atoms with Crippen molar-refractivity contribution in [1.29, 1.82) is 0 Å². The maximum atomic E-state index is 12.5. The molecule has 1 aromatic heterocycles. The number of fused-ring (bicyclic) bond motifs is 1. The summed E-state index contributed by atoms with van der Waals surface area (Å²) >= 11 is 0. The largest absolute Gasteiger partial charge is 0.375 e. The second-order valence-electron chi connectivity index (χ2n) is 5.92. The number of methoxy groups -OCH3 is 1. The Kier molecular flexibility index (Phi) is 4.96. The van der Waals surface area contributed by atoms with E-state index in [2.05, 4.69) is 22.8 Å². The van der Waals surface area contributed by atoms with Crippen molar-refractivity contribution in [3.8, 4) is 0 Å². The normalized spacial score (nSPS) is 10.9. The van der Waals surface area contributed by atoms with Crippen molar-refractivity contribution in [2.24, 2.45) is 7.05 Å². The molecule has 0 saturated carbocycles. The third kappa shape index (κ3) is 3.49. The lowest BCUT2D eigenvalue weighted by atomic mass is 10.2. The van der Waals surface area contributed by atoms with Gasteiger partial charge in [0.25, 0.3) is 0 Å². The van der Waals surface area contributed by atoms with Crippen LogP contribution < -0.4 is 0 Å². The average Bonchev–Trinajstić information content (AvgIpc) is 2.92. The van der Waals surface area contributed by atoms with E-state index in [4.69, 9.17) is 4.74 Å². The van der Waals surface area contributed by atoms with Gasteiger partial charge in [-0.1, -0.05) is 48.5 Å². The van der Waals surface area contributed by atoms with Crippen LogP contribution in [0.25, 0.3) is 10.9 Å². The van der Waals surface area contributed by atoms with Crippen LogP contribution in [0.5, 0.6) is 0 Å². The summed E-state index contributed by atoms with van der Waals surface area (Å²) in [5.74, 6) is -0.00777. The minimum atomic E-state index is -0.00777. The molecule has 0 fully saturated rings. The molecular weight excluding hydrogens is 300 g/mol. The average molecular weight is 322 g/mol. The summed E-state index contributed by atoms with van der Waals surface area (Å²) in [7, 11) is 3.59. The van der Waals surface area contributed by atoms with E-state index in [1.807, 2.05) is 54.4 Å². The van der Waals surface area contributed by atoms with E-state index in [-0.39, 0.29) is 12.5 Å². The number of carbonyl (C=O) groups is 1. The number of para-hydroxylation sites is 1. The molecule has 2 aromatic carbocycles. The minimum Gasteiger partial charge on any atom is -0.375 e. The summed E-state index contributed by atoms with van der Waals surface area (Å²) in [5.41, 5.74) is 3.39. The van der Waals surface area contributed by atoms with Crippen LogP contribution in [0, 0.1) is 0 Å². The summed E-state index contributed by atoms with van der Waals surface area (Å²) < 4.78 is 7.20. The van der Waals surface area contributed by atoms with E-state index >= 15 is 0 Å². The predicted octanol–water partition coefficient (Wildman–Crippen LogP) is 3.35. The van der Waals surface area contributed by atoms with Crippen LogP contribution in [0.3, 0.4) is 0 Å². The van der Waals surface area contributed by atoms with E-state index < -0.39 is 0 Å². The van der Waals surface area contributed by atoms with Gasteiger partial charge in [-0.15, -0.1) is 0 Å². The van der Waals surface area contributed by atoms with Crippen molar-refractivity contribution in [2.45, 2.75) is 13.1 Å². The van der Waals surface area contributed by atoms with Crippen molar-refractivity contribution in [2.75, 3.05) is 13.7 Å². The first kappa shape index (κ1) is 16.3. The van der Waals surface area contributed by atoms with Crippen LogP contribution in [0.2, 0.25) is 0 Å². The van der Waals surface area contributed by atoms with Gasteiger partial charge in [0.15, 0.2) is 0 Å². The smallest absolute Gasteiger partial charge is 0.249 e. The maximum absolute atomic E-state index is 12.5. The molecule has 0 atom stereocenters. The van der Waals surface area contributed by atoms with Gasteiger partial charge in [-0.2, -0.15) is 0 Å². The lowest BCUT2D eigenvalue weighted by Gasteiger charge is -2.23. The lowest BCUT2D eigenvalue weighted by Crippen LogP contribution is -2.33. The summed E-state index contributed by atoms with van der Waals surface area (Å²) in [4.78, 5) is 14.3. The fraction of sp³-hybridized carbons (Fsp3) is 0.250. The Morgan fingerprint density at radius 2 is 1.75 bits per heavy atom. The SMILES string of the molecule is COCC(=O)N(Cc1ccccc1)Cc1cc2ccccc2n1C. The Balaban J connectivity index is 1.87. The highest BCUT2D eigenvalue weighted by Crippen LogP contribution is 2.20. The van der Waals surface area contributed by atoms with Gasteiger partial charge < -0.3 is 14.2 Å². The Labute approximate surface area is 142 Å². The van der Waals surface area contributed by atoms with Gasteiger partial charge in [0.05, 0.1) is 6.54 Å². The number of benzene rings is 2. The highest BCUT2D eigenvalue weighted by molar-refractivity contribution is 5.82. The van der Waals surface area contributed by atoms with Gasteiger partial charge in [-0.3, -0.25) is 4.79 Å². The lowest BCUT2D eigenvalue weighted by molar-refractivity contribution is -0.136. The molecule has 0 bridgehead atoms. The predicted molar refractivity (Wildman–Crippen MR) is 95.5 cm³/mol. The zero-order valence-electron chi connectivity index (χ0n) is 14.1. The Morgan fingerprint density at radius 1 is 1.04 bits per heavy atom. The fourth-order valence-corrected chi connectivity index (χ4v) is 2.94. The molecule has 0 aliphatic rings. The molecule has 3 rings (SSSR count). The van der Waals surface area contributed by atoms with Crippen LogP contribution in [0.1, 0.15) is 11.3 Å². The molecule has 0 aliphatic heterocycles. The van der Waals surface area contributed by atoms with Gasteiger partial charge in [-0.05, 0) is 23.1 Å². The van der Waals surface area contributed by atoms with Crippen LogP contribution in [0.4, 0.5) is 0 Å². The topological polar surface area (TPSA) is 34.5 Å². The van der Waals surface area contributed by atoms with Crippen molar-refractivity contribution in [3.63, 3.8) is 0 Å². The molecule has 0 spiro atoms. The number of carbonyl (C=O) groups excluding carboxylic acids is 1. The molecule has 3 aromatic rings. The molecule has 0 radical (unpaired) electrons. The number of aromatic nitrogens is 1. The third-order valence-electron chi connectivity index (χ3n) is 4.24. The van der Waals surface area contributed by atoms with Crippen LogP contribution in [-0.2, 0) is 29.7 Å². The third-order valence-corrected chi connectivity index (χ3v) is 4.24.